The summed E-state index contributed by atoms with van der Waals surface area (Å²) in [5, 5.41) is 6.52. The molecular formula is C14H26ClN3O. The van der Waals surface area contributed by atoms with E-state index in [0.29, 0.717) is 11.8 Å². The standard InChI is InChI=1S/C14H25N3O.ClH/c18-14(13(11-1-2-11)12-3-4-12)16-7-10-17-8-5-15-6-9-17;/h11-13,15H,1-10H2,(H,16,18);1H. The molecule has 0 radical (unpaired) electrons. The molecule has 110 valence electrons. The minimum absolute atomic E-state index is 0. The number of halogens is 1. The molecule has 0 aromatic heterocycles. The highest BCUT2D eigenvalue weighted by Gasteiger charge is 2.45. The van der Waals surface area contributed by atoms with E-state index in [1.165, 1.54) is 25.7 Å². The Hall–Kier alpha value is -0.320. The number of carbonyl (C=O) groups excluding carboxylic acids is 1. The van der Waals surface area contributed by atoms with Crippen molar-refractivity contribution in [2.45, 2.75) is 25.7 Å². The van der Waals surface area contributed by atoms with Crippen LogP contribution in [0.1, 0.15) is 25.7 Å². The van der Waals surface area contributed by atoms with Crippen LogP contribution in [0.15, 0.2) is 0 Å². The molecule has 1 aliphatic heterocycles. The molecule has 2 aliphatic carbocycles. The molecule has 3 aliphatic rings. The number of hydrogen-bond acceptors (Lipinski definition) is 3. The summed E-state index contributed by atoms with van der Waals surface area (Å²) in [6.45, 7) is 6.24. The van der Waals surface area contributed by atoms with Crippen LogP contribution >= 0.6 is 12.4 Å². The molecule has 0 aromatic carbocycles. The number of piperazine rings is 1. The van der Waals surface area contributed by atoms with Gasteiger partial charge in [0.25, 0.3) is 0 Å². The molecule has 3 fully saturated rings. The van der Waals surface area contributed by atoms with Gasteiger partial charge in [0.15, 0.2) is 0 Å². The molecule has 0 atom stereocenters. The second-order valence-corrected chi connectivity index (χ2v) is 6.08. The lowest BCUT2D eigenvalue weighted by Crippen LogP contribution is -2.46. The SMILES string of the molecule is Cl.O=C(NCCN1CCNCC1)C(C1CC1)C1CC1. The van der Waals surface area contributed by atoms with E-state index in [9.17, 15) is 4.79 Å². The number of rotatable bonds is 6. The molecule has 2 saturated carbocycles. The molecular weight excluding hydrogens is 262 g/mol. The smallest absolute Gasteiger partial charge is 0.223 e. The van der Waals surface area contributed by atoms with E-state index in [1.807, 2.05) is 0 Å². The van der Waals surface area contributed by atoms with Gasteiger partial charge in [0.1, 0.15) is 0 Å². The third-order valence-corrected chi connectivity index (χ3v) is 4.50. The molecule has 1 heterocycles. The summed E-state index contributed by atoms with van der Waals surface area (Å²) in [6, 6.07) is 0. The summed E-state index contributed by atoms with van der Waals surface area (Å²) in [6.07, 6.45) is 5.14. The summed E-state index contributed by atoms with van der Waals surface area (Å²) >= 11 is 0. The predicted octanol–water partition coefficient (Wildman–Crippen LogP) is 0.866. The molecule has 4 nitrogen and oxygen atoms in total. The van der Waals surface area contributed by atoms with E-state index in [0.717, 1.165) is 51.1 Å². The first-order valence-electron chi connectivity index (χ1n) is 7.55. The summed E-state index contributed by atoms with van der Waals surface area (Å²) < 4.78 is 0. The highest BCUT2D eigenvalue weighted by atomic mass is 35.5. The Morgan fingerprint density at radius 3 is 2.26 bits per heavy atom. The van der Waals surface area contributed by atoms with Crippen LogP contribution in [0.2, 0.25) is 0 Å². The highest BCUT2D eigenvalue weighted by molar-refractivity contribution is 5.85. The average molecular weight is 288 g/mol. The first-order chi connectivity index (χ1) is 8.84. The van der Waals surface area contributed by atoms with Gasteiger partial charge in [0.2, 0.25) is 5.91 Å². The van der Waals surface area contributed by atoms with Crippen molar-refractivity contribution in [1.82, 2.24) is 15.5 Å². The van der Waals surface area contributed by atoms with Gasteiger partial charge in [-0.15, -0.1) is 12.4 Å². The summed E-state index contributed by atoms with van der Waals surface area (Å²) in [5.41, 5.74) is 0. The second kappa shape index (κ2) is 6.91. The Morgan fingerprint density at radius 1 is 1.16 bits per heavy atom. The van der Waals surface area contributed by atoms with Crippen LogP contribution in [-0.4, -0.2) is 50.1 Å². The molecule has 2 N–H and O–H groups in total. The van der Waals surface area contributed by atoms with Crippen molar-refractivity contribution in [3.05, 3.63) is 0 Å². The Balaban J connectivity index is 0.00000133. The molecule has 5 heteroatoms. The predicted molar refractivity (Wildman–Crippen MR) is 78.5 cm³/mol. The number of amides is 1. The lowest BCUT2D eigenvalue weighted by atomic mass is 9.97. The zero-order chi connectivity index (χ0) is 12.4. The first kappa shape index (κ1) is 15.1. The van der Waals surface area contributed by atoms with E-state index >= 15 is 0 Å². The maximum Gasteiger partial charge on any atom is 0.223 e. The van der Waals surface area contributed by atoms with Gasteiger partial charge in [-0.3, -0.25) is 9.69 Å². The van der Waals surface area contributed by atoms with Crippen molar-refractivity contribution < 1.29 is 4.79 Å². The molecule has 1 saturated heterocycles. The number of nitrogens with zero attached hydrogens (tertiary/aromatic N) is 1. The Kier molecular flexibility index (Phi) is 5.48. The van der Waals surface area contributed by atoms with Gasteiger partial charge in [-0.1, -0.05) is 0 Å². The zero-order valence-electron chi connectivity index (χ0n) is 11.6. The van der Waals surface area contributed by atoms with Crippen LogP contribution in [0.25, 0.3) is 0 Å². The fraction of sp³-hybridized carbons (Fsp3) is 0.929. The third kappa shape index (κ3) is 4.33. The Labute approximate surface area is 122 Å². The summed E-state index contributed by atoms with van der Waals surface area (Å²) in [4.78, 5) is 14.6. The van der Waals surface area contributed by atoms with Crippen LogP contribution in [0.4, 0.5) is 0 Å². The van der Waals surface area contributed by atoms with Gasteiger partial charge in [0.05, 0.1) is 0 Å². The van der Waals surface area contributed by atoms with Gasteiger partial charge >= 0.3 is 0 Å². The maximum absolute atomic E-state index is 12.2. The van der Waals surface area contributed by atoms with E-state index < -0.39 is 0 Å². The van der Waals surface area contributed by atoms with Crippen molar-refractivity contribution in [3.63, 3.8) is 0 Å². The monoisotopic (exact) mass is 287 g/mol. The molecule has 3 rings (SSSR count). The van der Waals surface area contributed by atoms with Crippen molar-refractivity contribution >= 4 is 18.3 Å². The second-order valence-electron chi connectivity index (χ2n) is 6.08. The van der Waals surface area contributed by atoms with Crippen LogP contribution in [0.5, 0.6) is 0 Å². The number of nitrogens with one attached hydrogen (secondary N) is 2. The van der Waals surface area contributed by atoms with E-state index in [2.05, 4.69) is 15.5 Å². The highest BCUT2D eigenvalue weighted by Crippen LogP contribution is 2.49. The number of hydrogen-bond donors (Lipinski definition) is 2. The minimum Gasteiger partial charge on any atom is -0.355 e. The fourth-order valence-corrected chi connectivity index (χ4v) is 3.11. The third-order valence-electron chi connectivity index (χ3n) is 4.50. The van der Waals surface area contributed by atoms with Crippen LogP contribution in [0, 0.1) is 17.8 Å². The van der Waals surface area contributed by atoms with Gasteiger partial charge in [-0.25, -0.2) is 0 Å². The van der Waals surface area contributed by atoms with Crippen molar-refractivity contribution in [2.75, 3.05) is 39.3 Å². The van der Waals surface area contributed by atoms with Crippen molar-refractivity contribution in [3.8, 4) is 0 Å². The minimum atomic E-state index is 0. The molecule has 0 unspecified atom stereocenters. The van der Waals surface area contributed by atoms with Gasteiger partial charge in [-0.2, -0.15) is 0 Å². The Morgan fingerprint density at radius 2 is 1.74 bits per heavy atom. The largest absolute Gasteiger partial charge is 0.355 e. The Bertz CT molecular complexity index is 287. The lowest BCUT2D eigenvalue weighted by molar-refractivity contribution is -0.126. The van der Waals surface area contributed by atoms with E-state index in [1.54, 1.807) is 0 Å². The van der Waals surface area contributed by atoms with Gasteiger partial charge < -0.3 is 10.6 Å². The van der Waals surface area contributed by atoms with E-state index in [-0.39, 0.29) is 12.4 Å². The molecule has 0 aromatic rings. The number of carbonyl (C=O) groups is 1. The normalized spacial score (nSPS) is 24.1. The van der Waals surface area contributed by atoms with Gasteiger partial charge in [-0.05, 0) is 37.5 Å². The zero-order valence-corrected chi connectivity index (χ0v) is 12.4. The quantitative estimate of drug-likeness (QED) is 0.762. The molecule has 19 heavy (non-hydrogen) atoms. The van der Waals surface area contributed by atoms with Gasteiger partial charge in [0, 0.05) is 45.2 Å². The maximum atomic E-state index is 12.2. The summed E-state index contributed by atoms with van der Waals surface area (Å²) in [7, 11) is 0. The topological polar surface area (TPSA) is 44.4 Å². The van der Waals surface area contributed by atoms with Crippen LogP contribution in [0.3, 0.4) is 0 Å². The molecule has 0 spiro atoms. The molecule has 0 bridgehead atoms. The summed E-state index contributed by atoms with van der Waals surface area (Å²) in [5.74, 6) is 2.14. The average Bonchev–Trinajstić information content (AvgIpc) is 3.25. The van der Waals surface area contributed by atoms with Crippen LogP contribution < -0.4 is 10.6 Å². The lowest BCUT2D eigenvalue weighted by Gasteiger charge is -2.27. The fourth-order valence-electron chi connectivity index (χ4n) is 3.11. The first-order valence-corrected chi connectivity index (χ1v) is 7.55. The van der Waals surface area contributed by atoms with Crippen LogP contribution in [-0.2, 0) is 4.79 Å². The van der Waals surface area contributed by atoms with Crippen molar-refractivity contribution in [2.24, 2.45) is 17.8 Å². The van der Waals surface area contributed by atoms with E-state index in [4.69, 9.17) is 0 Å². The van der Waals surface area contributed by atoms with Crippen molar-refractivity contribution in [1.29, 1.82) is 0 Å². The molecule has 1 amide bonds.